The summed E-state index contributed by atoms with van der Waals surface area (Å²) in [5, 5.41) is 22.7. The van der Waals surface area contributed by atoms with Crippen molar-refractivity contribution in [2.75, 3.05) is 5.32 Å². The molecule has 0 fully saturated rings. The monoisotopic (exact) mass is 454 g/mol. The van der Waals surface area contributed by atoms with Crippen molar-refractivity contribution in [3.63, 3.8) is 0 Å². The van der Waals surface area contributed by atoms with Gasteiger partial charge in [0.1, 0.15) is 5.75 Å². The van der Waals surface area contributed by atoms with Gasteiger partial charge in [-0.3, -0.25) is 14.9 Å². The van der Waals surface area contributed by atoms with Gasteiger partial charge in [0.25, 0.3) is 11.6 Å². The van der Waals surface area contributed by atoms with Gasteiger partial charge in [0.2, 0.25) is 0 Å². The number of hydrogen-bond donors (Lipinski definition) is 2. The van der Waals surface area contributed by atoms with Crippen LogP contribution in [0.25, 0.3) is 0 Å². The minimum Gasteiger partial charge on any atom is -0.507 e. The van der Waals surface area contributed by atoms with Crippen LogP contribution in [-0.4, -0.2) is 28.3 Å². The van der Waals surface area contributed by atoms with E-state index in [-0.39, 0.29) is 28.9 Å². The van der Waals surface area contributed by atoms with Gasteiger partial charge in [-0.1, -0.05) is 12.1 Å². The molecule has 0 spiro atoms. The summed E-state index contributed by atoms with van der Waals surface area (Å²) >= 11 is 0. The van der Waals surface area contributed by atoms with Gasteiger partial charge < -0.3 is 10.4 Å². The van der Waals surface area contributed by atoms with Crippen LogP contribution in [0.3, 0.4) is 0 Å². The Kier molecular flexibility index (Phi) is 5.94. The van der Waals surface area contributed by atoms with Crippen LogP contribution >= 0.6 is 0 Å². The number of phenolic OH excluding ortho intramolecular Hbond substituents is 1. The lowest BCUT2D eigenvalue weighted by atomic mass is 9.90. The maximum absolute atomic E-state index is 14.3. The van der Waals surface area contributed by atoms with E-state index in [9.17, 15) is 50.7 Å². The molecule has 0 bridgehead atoms. The van der Waals surface area contributed by atoms with Crippen molar-refractivity contribution in [1.29, 1.82) is 0 Å². The fraction of sp³-hybridized carbons (Fsp3) is 0.278. The number of hydrogen-bond acceptors (Lipinski definition) is 4. The van der Waals surface area contributed by atoms with E-state index >= 15 is 0 Å². The van der Waals surface area contributed by atoms with Crippen molar-refractivity contribution in [3.05, 3.63) is 62.7 Å². The Morgan fingerprint density at radius 2 is 1.45 bits per heavy atom. The summed E-state index contributed by atoms with van der Waals surface area (Å²) in [6.07, 6.45) is -12.6. The summed E-state index contributed by atoms with van der Waals surface area (Å²) in [7, 11) is 0. The minimum absolute atomic E-state index is 0.258. The molecule has 0 unspecified atom stereocenters. The van der Waals surface area contributed by atoms with Crippen molar-refractivity contribution in [2.45, 2.75) is 31.9 Å². The van der Waals surface area contributed by atoms with Gasteiger partial charge in [-0.15, -0.1) is 0 Å². The van der Waals surface area contributed by atoms with Crippen LogP contribution in [0.1, 0.15) is 27.0 Å². The fourth-order valence-corrected chi connectivity index (χ4v) is 2.85. The number of amides is 1. The zero-order valence-electron chi connectivity index (χ0n) is 15.7. The number of aryl methyl sites for hydroxylation is 2. The zero-order valence-corrected chi connectivity index (χ0v) is 15.7. The second-order valence-corrected chi connectivity index (χ2v) is 6.55. The number of aromatic hydroxyl groups is 1. The summed E-state index contributed by atoms with van der Waals surface area (Å²) < 4.78 is 92.2. The number of rotatable bonds is 4. The van der Waals surface area contributed by atoms with E-state index in [2.05, 4.69) is 5.32 Å². The fourth-order valence-electron chi connectivity index (χ4n) is 2.85. The number of anilines is 1. The number of benzene rings is 2. The Bertz CT molecular complexity index is 1010. The van der Waals surface area contributed by atoms with Gasteiger partial charge in [-0.25, -0.2) is 4.39 Å². The van der Waals surface area contributed by atoms with E-state index in [0.717, 1.165) is 32.0 Å². The van der Waals surface area contributed by atoms with Gasteiger partial charge in [0, 0.05) is 23.4 Å². The molecule has 0 aliphatic heterocycles. The third kappa shape index (κ3) is 4.25. The number of nitro benzene ring substituents is 1. The highest BCUT2D eigenvalue weighted by Gasteiger charge is 2.73. The highest BCUT2D eigenvalue weighted by atomic mass is 19.4. The van der Waals surface area contributed by atoms with Crippen LogP contribution in [-0.2, 0) is 5.67 Å². The Labute approximate surface area is 169 Å². The lowest BCUT2D eigenvalue weighted by Crippen LogP contribution is -2.50. The van der Waals surface area contributed by atoms with Gasteiger partial charge >= 0.3 is 18.0 Å². The number of nitrogens with one attached hydrogen (secondary N) is 1. The van der Waals surface area contributed by atoms with E-state index in [0.29, 0.717) is 0 Å². The Balaban J connectivity index is 2.52. The molecule has 0 aromatic heterocycles. The van der Waals surface area contributed by atoms with Crippen molar-refractivity contribution < 1.29 is 45.6 Å². The molecule has 168 valence electrons. The molecule has 0 atom stereocenters. The molecule has 13 heteroatoms. The minimum atomic E-state index is -6.30. The predicted octanol–water partition coefficient (Wildman–Crippen LogP) is 5.46. The number of phenols is 1. The molecule has 0 radical (unpaired) electrons. The number of carbonyl (C=O) groups is 1. The third-order valence-corrected chi connectivity index (χ3v) is 4.39. The molecular weight excluding hydrogens is 441 g/mol. The Morgan fingerprint density at radius 1 is 0.968 bits per heavy atom. The molecule has 31 heavy (non-hydrogen) atoms. The molecule has 1 amide bonds. The lowest BCUT2D eigenvalue weighted by molar-refractivity contribution is -0.384. The van der Waals surface area contributed by atoms with E-state index < -0.39 is 51.4 Å². The van der Waals surface area contributed by atoms with Crippen molar-refractivity contribution in [1.82, 2.24) is 0 Å². The SMILES string of the molecule is Cc1cc(C(F)(C(F)(F)F)C(F)(F)F)cc(C)c1NC(=O)c1cc([N+](=O)[O-])ccc1O. The first-order valence-electron chi connectivity index (χ1n) is 8.23. The molecule has 0 saturated carbocycles. The second-order valence-electron chi connectivity index (χ2n) is 6.55. The molecule has 0 aliphatic rings. The summed E-state index contributed by atoms with van der Waals surface area (Å²) in [6, 6.07) is 3.07. The average molecular weight is 454 g/mol. The van der Waals surface area contributed by atoms with Crippen LogP contribution in [0.5, 0.6) is 5.75 Å². The third-order valence-electron chi connectivity index (χ3n) is 4.39. The maximum Gasteiger partial charge on any atom is 0.435 e. The highest BCUT2D eigenvalue weighted by molar-refractivity contribution is 6.07. The summed E-state index contributed by atoms with van der Waals surface area (Å²) in [5.74, 6) is -1.79. The molecule has 6 nitrogen and oxygen atoms in total. The first-order valence-corrected chi connectivity index (χ1v) is 8.23. The molecular formula is C18H13F7N2O4. The van der Waals surface area contributed by atoms with Gasteiger partial charge in [0.05, 0.1) is 10.5 Å². The van der Waals surface area contributed by atoms with E-state index in [1.807, 2.05) is 0 Å². The molecule has 0 saturated heterocycles. The van der Waals surface area contributed by atoms with E-state index in [1.54, 1.807) is 0 Å². The molecule has 2 aromatic carbocycles. The number of halogens is 7. The summed E-state index contributed by atoms with van der Waals surface area (Å²) in [4.78, 5) is 22.4. The maximum atomic E-state index is 14.3. The Morgan fingerprint density at radius 3 is 1.87 bits per heavy atom. The smallest absolute Gasteiger partial charge is 0.435 e. The summed E-state index contributed by atoms with van der Waals surface area (Å²) in [5.41, 5.74) is -9.43. The lowest BCUT2D eigenvalue weighted by Gasteiger charge is -2.31. The predicted molar refractivity (Wildman–Crippen MR) is 93.5 cm³/mol. The molecule has 2 rings (SSSR count). The van der Waals surface area contributed by atoms with Crippen LogP contribution in [0.15, 0.2) is 30.3 Å². The quantitative estimate of drug-likeness (QED) is 0.365. The van der Waals surface area contributed by atoms with Crippen LogP contribution in [0.2, 0.25) is 0 Å². The number of nitrogens with zero attached hydrogens (tertiary/aromatic N) is 1. The topological polar surface area (TPSA) is 92.5 Å². The van der Waals surface area contributed by atoms with Crippen molar-refractivity contribution >= 4 is 17.3 Å². The number of alkyl halides is 7. The van der Waals surface area contributed by atoms with Crippen LogP contribution < -0.4 is 5.32 Å². The normalized spacial score (nSPS) is 12.5. The molecule has 2 aromatic rings. The standard InChI is InChI=1S/C18H13F7N2O4/c1-8-5-10(16(19,17(20,21)22)18(23,24)25)6-9(2)14(8)26-15(29)12-7-11(27(30)31)3-4-13(12)28/h3-7,28H,1-2H3,(H,26,29). The largest absolute Gasteiger partial charge is 0.507 e. The first-order chi connectivity index (χ1) is 14.0. The molecule has 0 heterocycles. The number of carbonyl (C=O) groups excluding carboxylic acids is 1. The van der Waals surface area contributed by atoms with Gasteiger partial charge in [-0.2, -0.15) is 26.3 Å². The van der Waals surface area contributed by atoms with Gasteiger partial charge in [-0.05, 0) is 31.0 Å². The zero-order chi connectivity index (χ0) is 23.9. The highest BCUT2D eigenvalue weighted by Crippen LogP contribution is 2.53. The second kappa shape index (κ2) is 7.71. The van der Waals surface area contributed by atoms with Crippen molar-refractivity contribution in [2.24, 2.45) is 0 Å². The number of non-ortho nitro benzene ring substituents is 1. The number of nitro groups is 1. The van der Waals surface area contributed by atoms with Gasteiger partial charge in [0.15, 0.2) is 0 Å². The Hall–Kier alpha value is -3.38. The first kappa shape index (κ1) is 23.9. The average Bonchev–Trinajstić information content (AvgIpc) is 2.61. The molecule has 2 N–H and O–H groups in total. The van der Waals surface area contributed by atoms with E-state index in [4.69, 9.17) is 0 Å². The molecule has 0 aliphatic carbocycles. The van der Waals surface area contributed by atoms with Crippen LogP contribution in [0.4, 0.5) is 42.1 Å². The van der Waals surface area contributed by atoms with Crippen LogP contribution in [0, 0.1) is 24.0 Å². The van der Waals surface area contributed by atoms with Crippen molar-refractivity contribution in [3.8, 4) is 5.75 Å². The summed E-state index contributed by atoms with van der Waals surface area (Å²) in [6.45, 7) is 2.07. The van der Waals surface area contributed by atoms with E-state index in [1.165, 1.54) is 0 Å².